The Hall–Kier alpha value is -2.31. The second kappa shape index (κ2) is 2.87. The van der Waals surface area contributed by atoms with Crippen LogP contribution in [0.5, 0.6) is 0 Å². The number of nitrogens with zero attached hydrogens (tertiary/aromatic N) is 3. The first kappa shape index (κ1) is 8.30. The van der Waals surface area contributed by atoms with Gasteiger partial charge in [-0.2, -0.15) is 15.4 Å². The van der Waals surface area contributed by atoms with Crippen LogP contribution in [0.4, 0.5) is 5.69 Å². The lowest BCUT2D eigenvalue weighted by Gasteiger charge is -1.92. The highest BCUT2D eigenvalue weighted by Gasteiger charge is 2.13. The van der Waals surface area contributed by atoms with Crippen molar-refractivity contribution in [2.75, 3.05) is 0 Å². The van der Waals surface area contributed by atoms with E-state index in [4.69, 9.17) is 0 Å². The minimum atomic E-state index is -0.582. The van der Waals surface area contributed by atoms with E-state index in [-0.39, 0.29) is 11.3 Å². The summed E-state index contributed by atoms with van der Waals surface area (Å²) >= 11 is 0. The number of carbonyl (C=O) groups is 1. The molecule has 2 aromatic rings. The lowest BCUT2D eigenvalue weighted by molar-refractivity contribution is -0.384. The summed E-state index contributed by atoms with van der Waals surface area (Å²) < 4.78 is 0. The fourth-order valence-electron chi connectivity index (χ4n) is 1.16. The predicted octanol–water partition coefficient (Wildman–Crippen LogP) is 0.679. The summed E-state index contributed by atoms with van der Waals surface area (Å²) in [6.45, 7) is 0. The fourth-order valence-corrected chi connectivity index (χ4v) is 1.16. The zero-order chi connectivity index (χ0) is 10.1. The standard InChI is InChI=1S/C7H4N4O3/c12-3-4-1-5(11(13)14)2-6-7(4)9-10-8-6/h1-3H,(H,8,9,10). The van der Waals surface area contributed by atoms with Gasteiger partial charge in [-0.1, -0.05) is 0 Å². The van der Waals surface area contributed by atoms with Crippen LogP contribution in [0.15, 0.2) is 12.1 Å². The summed E-state index contributed by atoms with van der Waals surface area (Å²) in [5.41, 5.74) is 0.628. The number of non-ortho nitro benzene ring substituents is 1. The van der Waals surface area contributed by atoms with Crippen molar-refractivity contribution in [3.8, 4) is 0 Å². The molecule has 0 unspecified atom stereocenters. The maximum Gasteiger partial charge on any atom is 0.272 e. The van der Waals surface area contributed by atoms with Crippen LogP contribution >= 0.6 is 0 Å². The van der Waals surface area contributed by atoms with Crippen molar-refractivity contribution in [3.05, 3.63) is 27.8 Å². The molecule has 0 spiro atoms. The van der Waals surface area contributed by atoms with Gasteiger partial charge in [0.15, 0.2) is 6.29 Å². The van der Waals surface area contributed by atoms with Gasteiger partial charge in [0, 0.05) is 12.1 Å². The number of rotatable bonds is 2. The van der Waals surface area contributed by atoms with E-state index < -0.39 is 4.92 Å². The number of carbonyl (C=O) groups excluding carboxylic acids is 1. The predicted molar refractivity (Wildman–Crippen MR) is 45.9 cm³/mol. The number of nitro groups is 1. The van der Waals surface area contributed by atoms with Gasteiger partial charge in [0.05, 0.1) is 10.5 Å². The molecule has 0 bridgehead atoms. The lowest BCUT2D eigenvalue weighted by Crippen LogP contribution is -1.91. The Balaban J connectivity index is 2.79. The summed E-state index contributed by atoms with van der Waals surface area (Å²) in [7, 11) is 0. The molecule has 0 amide bonds. The van der Waals surface area contributed by atoms with Crippen molar-refractivity contribution in [2.24, 2.45) is 0 Å². The Kier molecular flexibility index (Phi) is 1.70. The highest BCUT2D eigenvalue weighted by atomic mass is 16.6. The Bertz CT molecular complexity index is 519. The van der Waals surface area contributed by atoms with Gasteiger partial charge in [-0.25, -0.2) is 0 Å². The first-order valence-corrected chi connectivity index (χ1v) is 3.66. The van der Waals surface area contributed by atoms with Crippen LogP contribution in [-0.4, -0.2) is 26.6 Å². The SMILES string of the molecule is O=Cc1cc([N+](=O)[O-])cc2n[nH]nc12. The van der Waals surface area contributed by atoms with Crippen molar-refractivity contribution in [3.63, 3.8) is 0 Å². The second-order valence-electron chi connectivity index (χ2n) is 2.60. The number of hydrogen-bond acceptors (Lipinski definition) is 5. The van der Waals surface area contributed by atoms with Gasteiger partial charge in [0.25, 0.3) is 5.69 Å². The summed E-state index contributed by atoms with van der Waals surface area (Å²) in [5.74, 6) is 0. The van der Waals surface area contributed by atoms with Gasteiger partial charge in [0.2, 0.25) is 0 Å². The fraction of sp³-hybridized carbons (Fsp3) is 0. The smallest absolute Gasteiger partial charge is 0.272 e. The molecule has 1 aromatic heterocycles. The van der Waals surface area contributed by atoms with Crippen molar-refractivity contribution < 1.29 is 9.72 Å². The van der Waals surface area contributed by atoms with E-state index in [2.05, 4.69) is 15.4 Å². The first-order chi connectivity index (χ1) is 6.72. The molecular weight excluding hydrogens is 188 g/mol. The molecule has 2 rings (SSSR count). The Labute approximate surface area is 76.9 Å². The molecular formula is C7H4N4O3. The van der Waals surface area contributed by atoms with Crippen LogP contribution in [0, 0.1) is 10.1 Å². The highest BCUT2D eigenvalue weighted by Crippen LogP contribution is 2.20. The number of nitrogens with one attached hydrogen (secondary N) is 1. The minimum absolute atomic E-state index is 0.156. The monoisotopic (exact) mass is 192 g/mol. The van der Waals surface area contributed by atoms with Gasteiger partial charge in [-0.3, -0.25) is 14.9 Å². The molecule has 7 heteroatoms. The average Bonchev–Trinajstić information content (AvgIpc) is 2.63. The molecule has 7 nitrogen and oxygen atoms in total. The van der Waals surface area contributed by atoms with Gasteiger partial charge in [0.1, 0.15) is 11.0 Å². The molecule has 0 aliphatic heterocycles. The molecule has 1 N–H and O–H groups in total. The van der Waals surface area contributed by atoms with E-state index in [1.807, 2.05) is 0 Å². The van der Waals surface area contributed by atoms with Crippen molar-refractivity contribution in [1.82, 2.24) is 15.4 Å². The van der Waals surface area contributed by atoms with Crippen LogP contribution in [-0.2, 0) is 0 Å². The third kappa shape index (κ3) is 1.11. The summed E-state index contributed by atoms with van der Waals surface area (Å²) in [6, 6.07) is 2.42. The zero-order valence-electron chi connectivity index (χ0n) is 6.80. The van der Waals surface area contributed by atoms with Crippen molar-refractivity contribution >= 4 is 23.0 Å². The van der Waals surface area contributed by atoms with Crippen LogP contribution in [0.3, 0.4) is 0 Å². The van der Waals surface area contributed by atoms with Gasteiger partial charge in [-0.15, -0.1) is 0 Å². The highest BCUT2D eigenvalue weighted by molar-refractivity contribution is 5.95. The number of nitro benzene ring substituents is 1. The molecule has 1 heterocycles. The van der Waals surface area contributed by atoms with Crippen LogP contribution in [0.2, 0.25) is 0 Å². The number of H-pyrrole nitrogens is 1. The number of benzene rings is 1. The molecule has 0 saturated heterocycles. The van der Waals surface area contributed by atoms with Crippen molar-refractivity contribution in [1.29, 1.82) is 0 Å². The molecule has 14 heavy (non-hydrogen) atoms. The maximum atomic E-state index is 10.6. The van der Waals surface area contributed by atoms with E-state index in [9.17, 15) is 14.9 Å². The van der Waals surface area contributed by atoms with Gasteiger partial charge >= 0.3 is 0 Å². The van der Waals surface area contributed by atoms with Crippen molar-refractivity contribution in [2.45, 2.75) is 0 Å². The molecule has 0 atom stereocenters. The molecule has 0 aliphatic carbocycles. The molecule has 0 saturated carbocycles. The molecule has 0 radical (unpaired) electrons. The summed E-state index contributed by atoms with van der Waals surface area (Å²) in [4.78, 5) is 20.5. The van der Waals surface area contributed by atoms with E-state index in [1.165, 1.54) is 6.07 Å². The number of fused-ring (bicyclic) bond motifs is 1. The topological polar surface area (TPSA) is 102 Å². The normalized spacial score (nSPS) is 10.3. The van der Waals surface area contributed by atoms with Gasteiger partial charge < -0.3 is 0 Å². The Morgan fingerprint density at radius 3 is 2.86 bits per heavy atom. The Morgan fingerprint density at radius 2 is 2.21 bits per heavy atom. The van der Waals surface area contributed by atoms with Crippen LogP contribution < -0.4 is 0 Å². The average molecular weight is 192 g/mol. The molecule has 1 aromatic carbocycles. The molecule has 70 valence electrons. The quantitative estimate of drug-likeness (QED) is 0.428. The number of aldehydes is 1. The van der Waals surface area contributed by atoms with E-state index >= 15 is 0 Å². The Morgan fingerprint density at radius 1 is 1.43 bits per heavy atom. The minimum Gasteiger partial charge on any atom is -0.298 e. The first-order valence-electron chi connectivity index (χ1n) is 3.66. The maximum absolute atomic E-state index is 10.6. The van der Waals surface area contributed by atoms with Crippen LogP contribution in [0.25, 0.3) is 11.0 Å². The lowest BCUT2D eigenvalue weighted by atomic mass is 10.2. The zero-order valence-corrected chi connectivity index (χ0v) is 6.80. The number of aromatic nitrogens is 3. The van der Waals surface area contributed by atoms with Crippen LogP contribution in [0.1, 0.15) is 10.4 Å². The number of hydrogen-bond donors (Lipinski definition) is 1. The van der Waals surface area contributed by atoms with E-state index in [0.29, 0.717) is 17.3 Å². The third-order valence-electron chi connectivity index (χ3n) is 1.77. The van der Waals surface area contributed by atoms with Gasteiger partial charge in [-0.05, 0) is 0 Å². The number of aromatic amines is 1. The second-order valence-corrected chi connectivity index (χ2v) is 2.60. The summed E-state index contributed by atoms with van der Waals surface area (Å²) in [6.07, 6.45) is 0.512. The summed E-state index contributed by atoms with van der Waals surface area (Å²) in [5, 5.41) is 20.1. The van der Waals surface area contributed by atoms with E-state index in [1.54, 1.807) is 0 Å². The van der Waals surface area contributed by atoms with E-state index in [0.717, 1.165) is 6.07 Å². The third-order valence-corrected chi connectivity index (χ3v) is 1.77. The molecule has 0 aliphatic rings. The molecule has 0 fully saturated rings. The largest absolute Gasteiger partial charge is 0.298 e.